The normalized spacial score (nSPS) is 11.8. The number of aliphatic imine (C=N–C) groups is 1. The fourth-order valence-electron chi connectivity index (χ4n) is 3.61. The summed E-state index contributed by atoms with van der Waals surface area (Å²) in [6.07, 6.45) is 3.39. The van der Waals surface area contributed by atoms with Crippen molar-refractivity contribution >= 4 is 44.7 Å². The van der Waals surface area contributed by atoms with E-state index in [2.05, 4.69) is 54.0 Å². The molecule has 3 nitrogen and oxygen atoms in total. The predicted octanol–water partition coefficient (Wildman–Crippen LogP) is 7.00. The lowest BCUT2D eigenvalue weighted by molar-refractivity contribution is 0.669. The van der Waals surface area contributed by atoms with Crippen LogP contribution in [0.25, 0.3) is 44.1 Å². The lowest BCUT2D eigenvalue weighted by Crippen LogP contribution is -1.88. The SMILES string of the molecule is C=CC=Nc1c(C)ccc2ccc(-c3ccc4oc5ccccc5c4c3)nc12. The Kier molecular flexibility index (Phi) is 3.80. The van der Waals surface area contributed by atoms with Crippen molar-refractivity contribution < 1.29 is 4.42 Å². The van der Waals surface area contributed by atoms with Crippen LogP contribution in [0.4, 0.5) is 5.69 Å². The number of aryl methyl sites for hydroxylation is 1. The number of allylic oxidation sites excluding steroid dienone is 1. The van der Waals surface area contributed by atoms with E-state index in [9.17, 15) is 0 Å². The highest BCUT2D eigenvalue weighted by atomic mass is 16.3. The van der Waals surface area contributed by atoms with Crippen molar-refractivity contribution in [2.45, 2.75) is 6.92 Å². The highest BCUT2D eigenvalue weighted by Gasteiger charge is 2.11. The summed E-state index contributed by atoms with van der Waals surface area (Å²) in [6, 6.07) is 22.6. The van der Waals surface area contributed by atoms with Gasteiger partial charge in [-0.15, -0.1) is 0 Å². The Hall–Kier alpha value is -3.72. The van der Waals surface area contributed by atoms with Crippen LogP contribution in [0.3, 0.4) is 0 Å². The molecule has 0 aliphatic carbocycles. The minimum absolute atomic E-state index is 0.883. The number of pyridine rings is 1. The summed E-state index contributed by atoms with van der Waals surface area (Å²) < 4.78 is 5.94. The zero-order chi connectivity index (χ0) is 19.1. The van der Waals surface area contributed by atoms with Crippen molar-refractivity contribution in [3.8, 4) is 11.3 Å². The molecule has 0 amide bonds. The zero-order valence-corrected chi connectivity index (χ0v) is 15.5. The monoisotopic (exact) mass is 362 g/mol. The molecule has 0 bridgehead atoms. The van der Waals surface area contributed by atoms with Gasteiger partial charge in [-0.1, -0.05) is 49.1 Å². The van der Waals surface area contributed by atoms with Gasteiger partial charge in [0.05, 0.1) is 16.9 Å². The smallest absolute Gasteiger partial charge is 0.135 e. The standard InChI is InChI=1S/C25H18N2O/c1-3-14-26-24-16(2)8-9-17-10-12-21(27-25(17)24)18-11-13-23-20(15-18)19-6-4-5-7-22(19)28-23/h3-15H,1H2,2H3. The van der Waals surface area contributed by atoms with Crippen molar-refractivity contribution in [3.05, 3.63) is 84.9 Å². The quantitative estimate of drug-likeness (QED) is 0.324. The second-order valence-corrected chi connectivity index (χ2v) is 6.82. The molecule has 3 heteroatoms. The van der Waals surface area contributed by atoms with E-state index in [-0.39, 0.29) is 0 Å². The van der Waals surface area contributed by atoms with E-state index >= 15 is 0 Å². The van der Waals surface area contributed by atoms with Gasteiger partial charge in [0.1, 0.15) is 11.2 Å². The van der Waals surface area contributed by atoms with Crippen LogP contribution >= 0.6 is 0 Å². The summed E-state index contributed by atoms with van der Waals surface area (Å²) >= 11 is 0. The first kappa shape index (κ1) is 16.5. The molecule has 0 aliphatic rings. The second kappa shape index (κ2) is 6.46. The molecule has 2 aromatic heterocycles. The molecule has 0 saturated carbocycles. The van der Waals surface area contributed by atoms with Gasteiger partial charge in [-0.25, -0.2) is 4.98 Å². The Bertz CT molecular complexity index is 1390. The van der Waals surface area contributed by atoms with Gasteiger partial charge in [0, 0.05) is 27.9 Å². The first-order valence-corrected chi connectivity index (χ1v) is 9.22. The third-order valence-electron chi connectivity index (χ3n) is 5.02. The van der Waals surface area contributed by atoms with Gasteiger partial charge in [0.15, 0.2) is 0 Å². The molecule has 0 unspecified atom stereocenters. The van der Waals surface area contributed by atoms with Gasteiger partial charge in [-0.2, -0.15) is 0 Å². The van der Waals surface area contributed by atoms with Gasteiger partial charge in [0.25, 0.3) is 0 Å². The molecule has 0 atom stereocenters. The molecule has 5 rings (SSSR count). The van der Waals surface area contributed by atoms with E-state index < -0.39 is 0 Å². The number of hydrogen-bond donors (Lipinski definition) is 0. The van der Waals surface area contributed by atoms with Crippen LogP contribution in [-0.2, 0) is 0 Å². The lowest BCUT2D eigenvalue weighted by Gasteiger charge is -2.08. The molecule has 2 heterocycles. The summed E-state index contributed by atoms with van der Waals surface area (Å²) in [5.41, 5.74) is 6.63. The zero-order valence-electron chi connectivity index (χ0n) is 15.5. The van der Waals surface area contributed by atoms with E-state index in [0.717, 1.165) is 55.3 Å². The van der Waals surface area contributed by atoms with Crippen LogP contribution in [0, 0.1) is 6.92 Å². The van der Waals surface area contributed by atoms with Crippen LogP contribution in [0.15, 0.2) is 88.8 Å². The number of nitrogens with zero attached hydrogens (tertiary/aromatic N) is 2. The molecule has 134 valence electrons. The van der Waals surface area contributed by atoms with Crippen LogP contribution in [0.5, 0.6) is 0 Å². The minimum Gasteiger partial charge on any atom is -0.456 e. The van der Waals surface area contributed by atoms with E-state index in [1.807, 2.05) is 31.2 Å². The molecule has 0 radical (unpaired) electrons. The Balaban J connectivity index is 1.73. The number of benzene rings is 3. The van der Waals surface area contributed by atoms with Crippen LogP contribution in [-0.4, -0.2) is 11.2 Å². The average Bonchev–Trinajstić information content (AvgIpc) is 3.10. The molecular weight excluding hydrogens is 344 g/mol. The number of furan rings is 1. The summed E-state index contributed by atoms with van der Waals surface area (Å²) in [5.74, 6) is 0. The third kappa shape index (κ3) is 2.60. The number of aromatic nitrogens is 1. The lowest BCUT2D eigenvalue weighted by atomic mass is 10.0. The molecule has 0 N–H and O–H groups in total. The number of rotatable bonds is 3. The van der Waals surface area contributed by atoms with Crippen molar-refractivity contribution in [2.75, 3.05) is 0 Å². The molecule has 28 heavy (non-hydrogen) atoms. The maximum absolute atomic E-state index is 5.94. The van der Waals surface area contributed by atoms with Crippen LogP contribution in [0.2, 0.25) is 0 Å². The number of para-hydroxylation sites is 1. The highest BCUT2D eigenvalue weighted by Crippen LogP contribution is 2.34. The van der Waals surface area contributed by atoms with E-state index in [4.69, 9.17) is 9.40 Å². The third-order valence-corrected chi connectivity index (χ3v) is 5.02. The van der Waals surface area contributed by atoms with Crippen molar-refractivity contribution in [1.29, 1.82) is 0 Å². The summed E-state index contributed by atoms with van der Waals surface area (Å²) in [4.78, 5) is 9.50. The van der Waals surface area contributed by atoms with Crippen molar-refractivity contribution in [2.24, 2.45) is 4.99 Å². The van der Waals surface area contributed by atoms with E-state index in [1.165, 1.54) is 0 Å². The van der Waals surface area contributed by atoms with E-state index in [1.54, 1.807) is 12.3 Å². The second-order valence-electron chi connectivity index (χ2n) is 6.82. The topological polar surface area (TPSA) is 38.4 Å². The minimum atomic E-state index is 0.883. The Morgan fingerprint density at radius 2 is 1.75 bits per heavy atom. The molecule has 0 fully saturated rings. The summed E-state index contributed by atoms with van der Waals surface area (Å²) in [5, 5.41) is 3.29. The van der Waals surface area contributed by atoms with Crippen molar-refractivity contribution in [1.82, 2.24) is 4.98 Å². The molecular formula is C25H18N2O. The largest absolute Gasteiger partial charge is 0.456 e. The maximum Gasteiger partial charge on any atom is 0.135 e. The van der Waals surface area contributed by atoms with Gasteiger partial charge >= 0.3 is 0 Å². The van der Waals surface area contributed by atoms with E-state index in [0.29, 0.717) is 0 Å². The first-order chi connectivity index (χ1) is 13.7. The number of fused-ring (bicyclic) bond motifs is 4. The Morgan fingerprint density at radius 3 is 2.64 bits per heavy atom. The molecule has 0 aliphatic heterocycles. The van der Waals surface area contributed by atoms with Crippen molar-refractivity contribution in [3.63, 3.8) is 0 Å². The highest BCUT2D eigenvalue weighted by molar-refractivity contribution is 6.06. The van der Waals surface area contributed by atoms with Crippen LogP contribution in [0.1, 0.15) is 5.56 Å². The van der Waals surface area contributed by atoms with Gasteiger partial charge < -0.3 is 4.42 Å². The molecule has 3 aromatic carbocycles. The maximum atomic E-state index is 5.94. The van der Waals surface area contributed by atoms with Crippen LogP contribution < -0.4 is 0 Å². The fourth-order valence-corrected chi connectivity index (χ4v) is 3.61. The Labute approximate surface area is 162 Å². The number of hydrogen-bond acceptors (Lipinski definition) is 3. The first-order valence-electron chi connectivity index (χ1n) is 9.22. The average molecular weight is 362 g/mol. The predicted molar refractivity (Wildman–Crippen MR) is 118 cm³/mol. The summed E-state index contributed by atoms with van der Waals surface area (Å²) in [6.45, 7) is 5.77. The summed E-state index contributed by atoms with van der Waals surface area (Å²) in [7, 11) is 0. The molecule has 0 saturated heterocycles. The Morgan fingerprint density at radius 1 is 0.929 bits per heavy atom. The molecule has 5 aromatic rings. The van der Waals surface area contributed by atoms with Gasteiger partial charge in [-0.3, -0.25) is 4.99 Å². The van der Waals surface area contributed by atoms with Gasteiger partial charge in [0.2, 0.25) is 0 Å². The fraction of sp³-hybridized carbons (Fsp3) is 0.0400. The molecule has 0 spiro atoms. The van der Waals surface area contributed by atoms with Gasteiger partial charge in [-0.05, 0) is 42.8 Å².